The molecule has 4 unspecified atom stereocenters. The van der Waals surface area contributed by atoms with Crippen molar-refractivity contribution in [1.82, 2.24) is 25.0 Å². The Kier molecular flexibility index (Phi) is 4.09. The Hall–Kier alpha value is -2.34. The maximum Gasteiger partial charge on any atom is 0.328 e. The van der Waals surface area contributed by atoms with Gasteiger partial charge in [0.2, 0.25) is 0 Å². The monoisotopic (exact) mass is 325 g/mol. The zero-order valence-electron chi connectivity index (χ0n) is 11.8. The highest BCUT2D eigenvalue weighted by Gasteiger charge is 2.44. The predicted octanol–water partition coefficient (Wildman–Crippen LogP) is -3.14. The number of hydrogen-bond donors (Lipinski definition) is 5. The van der Waals surface area contributed by atoms with Gasteiger partial charge in [-0.2, -0.15) is 15.4 Å². The minimum Gasteiger partial charge on any atom is -0.394 e. The smallest absolute Gasteiger partial charge is 0.328 e. The van der Waals surface area contributed by atoms with Gasteiger partial charge >= 0.3 is 5.69 Å². The van der Waals surface area contributed by atoms with Crippen LogP contribution < -0.4 is 11.2 Å². The average molecular weight is 325 g/mol. The maximum absolute atomic E-state index is 12.0. The molecule has 11 nitrogen and oxygen atoms in total. The summed E-state index contributed by atoms with van der Waals surface area (Å²) < 4.78 is 6.48. The lowest BCUT2D eigenvalue weighted by Crippen LogP contribution is -2.36. The molecular weight excluding hydrogens is 310 g/mol. The van der Waals surface area contributed by atoms with Gasteiger partial charge in [0.25, 0.3) is 5.56 Å². The van der Waals surface area contributed by atoms with Gasteiger partial charge in [0, 0.05) is 6.20 Å². The van der Waals surface area contributed by atoms with Crippen molar-refractivity contribution in [1.29, 1.82) is 0 Å². The summed E-state index contributed by atoms with van der Waals surface area (Å²) in [5.41, 5.74) is -0.961. The van der Waals surface area contributed by atoms with E-state index in [0.717, 1.165) is 0 Å². The number of aromatic amines is 2. The summed E-state index contributed by atoms with van der Waals surface area (Å²) in [6.07, 6.45) is -2.24. The van der Waals surface area contributed by atoms with Gasteiger partial charge in [0.05, 0.1) is 24.9 Å². The summed E-state index contributed by atoms with van der Waals surface area (Å²) in [5.74, 6) is 0. The Morgan fingerprint density at radius 3 is 2.70 bits per heavy atom. The summed E-state index contributed by atoms with van der Waals surface area (Å²) in [6.45, 7) is -0.459. The molecule has 124 valence electrons. The van der Waals surface area contributed by atoms with E-state index in [0.29, 0.717) is 5.69 Å². The van der Waals surface area contributed by atoms with Crippen LogP contribution in [0.15, 0.2) is 22.0 Å². The van der Waals surface area contributed by atoms with Crippen LogP contribution in [0.25, 0.3) is 0 Å². The summed E-state index contributed by atoms with van der Waals surface area (Å²) in [7, 11) is 0. The van der Waals surface area contributed by atoms with Crippen molar-refractivity contribution >= 4 is 0 Å². The first kappa shape index (κ1) is 15.6. The van der Waals surface area contributed by atoms with Crippen LogP contribution in [-0.2, 0) is 11.3 Å². The number of H-pyrrole nitrogens is 2. The van der Waals surface area contributed by atoms with Crippen LogP contribution in [0, 0.1) is 0 Å². The first-order valence-electron chi connectivity index (χ1n) is 6.82. The number of rotatable bonds is 4. The van der Waals surface area contributed by atoms with Crippen molar-refractivity contribution in [3.05, 3.63) is 44.5 Å². The molecule has 0 saturated carbocycles. The van der Waals surface area contributed by atoms with Crippen molar-refractivity contribution in [3.63, 3.8) is 0 Å². The molecule has 3 rings (SSSR count). The van der Waals surface area contributed by atoms with Gasteiger partial charge in [-0.1, -0.05) is 0 Å². The van der Waals surface area contributed by atoms with Crippen LogP contribution in [0.5, 0.6) is 0 Å². The summed E-state index contributed by atoms with van der Waals surface area (Å²) in [5, 5.41) is 38.7. The molecule has 1 aliphatic rings. The van der Waals surface area contributed by atoms with Crippen LogP contribution in [0.3, 0.4) is 0 Å². The third kappa shape index (κ3) is 2.82. The molecule has 11 heteroatoms. The van der Waals surface area contributed by atoms with E-state index in [-0.39, 0.29) is 12.1 Å². The molecule has 0 spiro atoms. The van der Waals surface area contributed by atoms with Crippen molar-refractivity contribution in [2.45, 2.75) is 31.0 Å². The molecule has 23 heavy (non-hydrogen) atoms. The highest BCUT2D eigenvalue weighted by Crippen LogP contribution is 2.31. The van der Waals surface area contributed by atoms with Crippen molar-refractivity contribution in [2.24, 2.45) is 0 Å². The summed E-state index contributed by atoms with van der Waals surface area (Å²) in [6, 6.07) is 0. The van der Waals surface area contributed by atoms with Crippen molar-refractivity contribution in [3.8, 4) is 0 Å². The standard InChI is InChI=1S/C12H15N5O6/c18-4-7-8(19)9(20)10(23-7)6-3-17(12(22)14-11(6)21)2-5-1-13-16-15-5/h1,3,7-10,18-20H,2,4H2,(H,13,15,16)(H,14,21,22). The number of aliphatic hydroxyl groups excluding tert-OH is 3. The van der Waals surface area contributed by atoms with Gasteiger partial charge in [0.1, 0.15) is 30.1 Å². The number of ether oxygens (including phenoxy) is 1. The lowest BCUT2D eigenvalue weighted by Gasteiger charge is -2.15. The molecule has 0 bridgehead atoms. The fraction of sp³-hybridized carbons (Fsp3) is 0.500. The topological polar surface area (TPSA) is 166 Å². The molecule has 0 aliphatic carbocycles. The molecule has 5 N–H and O–H groups in total. The van der Waals surface area contributed by atoms with Gasteiger partial charge in [-0.25, -0.2) is 4.79 Å². The van der Waals surface area contributed by atoms with E-state index in [1.165, 1.54) is 17.0 Å². The average Bonchev–Trinajstić information content (AvgIpc) is 3.12. The van der Waals surface area contributed by atoms with Gasteiger partial charge in [-0.05, 0) is 0 Å². The first-order chi connectivity index (χ1) is 11.0. The van der Waals surface area contributed by atoms with Crippen LogP contribution in [0.2, 0.25) is 0 Å². The SMILES string of the molecule is O=c1[nH]c(=O)n(Cc2cn[nH]n2)cc1C1OC(CO)C(O)C1O. The fourth-order valence-corrected chi connectivity index (χ4v) is 2.48. The Balaban J connectivity index is 1.96. The normalized spacial score (nSPS) is 27.4. The van der Waals surface area contributed by atoms with E-state index in [1.54, 1.807) is 0 Å². The maximum atomic E-state index is 12.0. The quantitative estimate of drug-likeness (QED) is 0.393. The van der Waals surface area contributed by atoms with Gasteiger partial charge in [-0.15, -0.1) is 0 Å². The molecular formula is C12H15N5O6. The minimum absolute atomic E-state index is 0.0319. The Bertz CT molecular complexity index is 784. The summed E-state index contributed by atoms with van der Waals surface area (Å²) in [4.78, 5) is 26.0. The highest BCUT2D eigenvalue weighted by molar-refractivity contribution is 5.15. The number of nitrogens with zero attached hydrogens (tertiary/aromatic N) is 3. The molecule has 0 aromatic carbocycles. The molecule has 3 heterocycles. The Labute approximate surface area is 128 Å². The van der Waals surface area contributed by atoms with Gasteiger partial charge < -0.3 is 20.1 Å². The second-order valence-electron chi connectivity index (χ2n) is 5.19. The summed E-state index contributed by atoms with van der Waals surface area (Å²) >= 11 is 0. The van der Waals surface area contributed by atoms with E-state index < -0.39 is 42.3 Å². The number of aliphatic hydroxyl groups is 3. The minimum atomic E-state index is -1.40. The Morgan fingerprint density at radius 2 is 2.09 bits per heavy atom. The van der Waals surface area contributed by atoms with Crippen LogP contribution in [-0.4, -0.2) is 65.2 Å². The lowest BCUT2D eigenvalue weighted by atomic mass is 10.0. The molecule has 2 aromatic rings. The molecule has 0 amide bonds. The lowest BCUT2D eigenvalue weighted by molar-refractivity contribution is -0.0233. The Morgan fingerprint density at radius 1 is 1.30 bits per heavy atom. The highest BCUT2D eigenvalue weighted by atomic mass is 16.6. The van der Waals surface area contributed by atoms with Gasteiger partial charge in [-0.3, -0.25) is 14.3 Å². The van der Waals surface area contributed by atoms with E-state index >= 15 is 0 Å². The largest absolute Gasteiger partial charge is 0.394 e. The second-order valence-corrected chi connectivity index (χ2v) is 5.19. The third-order valence-corrected chi connectivity index (χ3v) is 3.68. The third-order valence-electron chi connectivity index (χ3n) is 3.68. The van der Waals surface area contributed by atoms with Crippen LogP contribution >= 0.6 is 0 Å². The zero-order chi connectivity index (χ0) is 16.6. The number of nitrogens with one attached hydrogen (secondary N) is 2. The second kappa shape index (κ2) is 6.04. The van der Waals surface area contributed by atoms with E-state index in [1.807, 2.05) is 0 Å². The molecule has 0 radical (unpaired) electrons. The molecule has 1 aliphatic heterocycles. The van der Waals surface area contributed by atoms with E-state index in [9.17, 15) is 19.8 Å². The molecule has 4 atom stereocenters. The van der Waals surface area contributed by atoms with E-state index in [2.05, 4.69) is 20.4 Å². The molecule has 1 fully saturated rings. The molecule has 1 saturated heterocycles. The number of aromatic nitrogens is 5. The van der Waals surface area contributed by atoms with Crippen LogP contribution in [0.1, 0.15) is 17.4 Å². The van der Waals surface area contributed by atoms with Crippen LogP contribution in [0.4, 0.5) is 0 Å². The van der Waals surface area contributed by atoms with E-state index in [4.69, 9.17) is 9.84 Å². The zero-order valence-corrected chi connectivity index (χ0v) is 11.8. The number of hydrogen-bond acceptors (Lipinski definition) is 8. The predicted molar refractivity (Wildman–Crippen MR) is 73.5 cm³/mol. The van der Waals surface area contributed by atoms with Gasteiger partial charge in [0.15, 0.2) is 0 Å². The van der Waals surface area contributed by atoms with Crippen molar-refractivity contribution in [2.75, 3.05) is 6.61 Å². The van der Waals surface area contributed by atoms with Crippen molar-refractivity contribution < 1.29 is 20.1 Å². The fourth-order valence-electron chi connectivity index (χ4n) is 2.48. The first-order valence-corrected chi connectivity index (χ1v) is 6.82. The molecule has 2 aromatic heterocycles.